The van der Waals surface area contributed by atoms with Gasteiger partial charge in [-0.25, -0.2) is 4.31 Å². The fourth-order valence-corrected chi connectivity index (χ4v) is 2.68. The van der Waals surface area contributed by atoms with Crippen LogP contribution in [0.4, 0.5) is 0 Å². The molecule has 5 nitrogen and oxygen atoms in total. The van der Waals surface area contributed by atoms with Gasteiger partial charge in [0.25, 0.3) is 0 Å². The summed E-state index contributed by atoms with van der Waals surface area (Å²) in [4.78, 5) is 12.0. The van der Waals surface area contributed by atoms with Crippen molar-refractivity contribution in [1.82, 2.24) is 9.62 Å². The van der Waals surface area contributed by atoms with E-state index < -0.39 is 11.3 Å². The predicted octanol–water partition coefficient (Wildman–Crippen LogP) is 0.797. The molecule has 1 fully saturated rings. The topological polar surface area (TPSA) is 72.5 Å². The van der Waals surface area contributed by atoms with Crippen molar-refractivity contribution in [3.05, 3.63) is 0 Å². The molecule has 2 atom stereocenters. The van der Waals surface area contributed by atoms with Crippen LogP contribution in [0.15, 0.2) is 0 Å². The van der Waals surface area contributed by atoms with Gasteiger partial charge in [-0.1, -0.05) is 13.8 Å². The molecule has 6 heteroatoms. The zero-order chi connectivity index (χ0) is 12.8. The molecule has 0 aromatic carbocycles. The summed E-state index contributed by atoms with van der Waals surface area (Å²) < 4.78 is 23.0. The van der Waals surface area contributed by atoms with Crippen LogP contribution in [0.2, 0.25) is 0 Å². The lowest BCUT2D eigenvalue weighted by molar-refractivity contribution is -0.126. The Kier molecular flexibility index (Phi) is 6.08. The van der Waals surface area contributed by atoms with Gasteiger partial charge in [0.05, 0.1) is 5.92 Å². The lowest BCUT2D eigenvalue weighted by Gasteiger charge is -2.33. The Morgan fingerprint density at radius 1 is 1.53 bits per heavy atom. The molecule has 0 radical (unpaired) electrons. The predicted molar refractivity (Wildman–Crippen MR) is 65.7 cm³/mol. The maximum absolute atomic E-state index is 12.0. The molecule has 0 saturated carbocycles. The molecule has 0 aromatic rings. The van der Waals surface area contributed by atoms with Crippen LogP contribution in [0, 0.1) is 5.92 Å². The van der Waals surface area contributed by atoms with E-state index in [1.54, 1.807) is 0 Å². The normalized spacial score (nSPS) is 23.6. The van der Waals surface area contributed by atoms with Crippen LogP contribution in [-0.2, 0) is 16.1 Å². The Balaban J connectivity index is 2.48. The van der Waals surface area contributed by atoms with Gasteiger partial charge in [-0.2, -0.15) is 0 Å². The highest BCUT2D eigenvalue weighted by atomic mass is 32.2. The van der Waals surface area contributed by atoms with Gasteiger partial charge in [0.15, 0.2) is 0 Å². The maximum atomic E-state index is 12.0. The number of amides is 1. The Bertz CT molecular complexity index is 282. The molecule has 0 bridgehead atoms. The largest absolute Gasteiger partial charge is 0.760 e. The molecule has 17 heavy (non-hydrogen) atoms. The molecule has 1 N–H and O–H groups in total. The van der Waals surface area contributed by atoms with Gasteiger partial charge in [0.2, 0.25) is 5.91 Å². The maximum Gasteiger partial charge on any atom is 0.224 e. The number of carbonyl (C=O) groups is 1. The van der Waals surface area contributed by atoms with Crippen LogP contribution in [-0.4, -0.2) is 38.1 Å². The van der Waals surface area contributed by atoms with Crippen molar-refractivity contribution >= 4 is 17.2 Å². The van der Waals surface area contributed by atoms with E-state index >= 15 is 0 Å². The average Bonchev–Trinajstić information content (AvgIpc) is 2.35. The second-order valence-corrected chi connectivity index (χ2v) is 5.42. The summed E-state index contributed by atoms with van der Waals surface area (Å²) in [6.07, 6.45) is 3.35. The summed E-state index contributed by atoms with van der Waals surface area (Å²) >= 11 is -2.20. The summed E-state index contributed by atoms with van der Waals surface area (Å²) in [5, 5.41) is 2.98. The van der Waals surface area contributed by atoms with Gasteiger partial charge < -0.3 is 9.87 Å². The van der Waals surface area contributed by atoms with Gasteiger partial charge >= 0.3 is 0 Å². The molecule has 1 heterocycles. The third-order valence-electron chi connectivity index (χ3n) is 3.30. The minimum absolute atomic E-state index is 0.00569. The van der Waals surface area contributed by atoms with Crippen molar-refractivity contribution in [2.24, 2.45) is 5.92 Å². The first-order chi connectivity index (χ1) is 8.08. The zero-order valence-corrected chi connectivity index (χ0v) is 11.3. The van der Waals surface area contributed by atoms with E-state index in [4.69, 9.17) is 0 Å². The number of carbonyl (C=O) groups excluding carboxylic acids is 1. The number of hydrogen-bond acceptors (Lipinski definition) is 3. The standard InChI is InChI=1S/C11H22N2O3S/c1-3-10(4-2)12-11(14)9-6-5-7-13(8-9)17(15)16/h9-10H,3-8H2,1-2H3,(H,12,14)(H,15,16)/p-1/t9-/m1/s1. The van der Waals surface area contributed by atoms with E-state index in [9.17, 15) is 13.6 Å². The van der Waals surface area contributed by atoms with Crippen LogP contribution in [0.25, 0.3) is 0 Å². The summed E-state index contributed by atoms with van der Waals surface area (Å²) in [5.41, 5.74) is 0. The fourth-order valence-electron chi connectivity index (χ4n) is 2.10. The molecule has 1 aliphatic rings. The first-order valence-corrected chi connectivity index (χ1v) is 7.26. The van der Waals surface area contributed by atoms with Crippen LogP contribution in [0.5, 0.6) is 0 Å². The highest BCUT2D eigenvalue weighted by Crippen LogP contribution is 2.17. The van der Waals surface area contributed by atoms with E-state index in [1.807, 2.05) is 13.8 Å². The summed E-state index contributed by atoms with van der Waals surface area (Å²) in [5.74, 6) is -0.198. The van der Waals surface area contributed by atoms with Crippen molar-refractivity contribution in [2.45, 2.75) is 45.6 Å². The van der Waals surface area contributed by atoms with Crippen molar-refractivity contribution < 1.29 is 13.6 Å². The monoisotopic (exact) mass is 261 g/mol. The third-order valence-corrected chi connectivity index (χ3v) is 4.05. The molecule has 1 saturated heterocycles. The van der Waals surface area contributed by atoms with Crippen molar-refractivity contribution in [3.8, 4) is 0 Å². The first-order valence-electron chi connectivity index (χ1n) is 6.23. The highest BCUT2D eigenvalue weighted by Gasteiger charge is 2.26. The van der Waals surface area contributed by atoms with Crippen molar-refractivity contribution in [2.75, 3.05) is 13.1 Å². The lowest BCUT2D eigenvalue weighted by atomic mass is 9.98. The number of piperidine rings is 1. The van der Waals surface area contributed by atoms with E-state index in [2.05, 4.69) is 5.32 Å². The molecule has 1 amide bonds. The zero-order valence-electron chi connectivity index (χ0n) is 10.5. The van der Waals surface area contributed by atoms with Crippen molar-refractivity contribution in [1.29, 1.82) is 0 Å². The van der Waals surface area contributed by atoms with Crippen LogP contribution < -0.4 is 5.32 Å². The summed E-state index contributed by atoms with van der Waals surface area (Å²) in [7, 11) is 0. The Labute approximate surface area is 105 Å². The van der Waals surface area contributed by atoms with Crippen LogP contribution in [0.3, 0.4) is 0 Å². The Morgan fingerprint density at radius 2 is 2.18 bits per heavy atom. The van der Waals surface area contributed by atoms with Crippen LogP contribution in [0.1, 0.15) is 39.5 Å². The number of hydrogen-bond donors (Lipinski definition) is 1. The second kappa shape index (κ2) is 7.08. The van der Waals surface area contributed by atoms with E-state index in [0.29, 0.717) is 13.1 Å². The molecule has 1 unspecified atom stereocenters. The van der Waals surface area contributed by atoms with E-state index in [0.717, 1.165) is 25.7 Å². The van der Waals surface area contributed by atoms with E-state index in [1.165, 1.54) is 4.31 Å². The van der Waals surface area contributed by atoms with Gasteiger partial charge in [-0.05, 0) is 25.7 Å². The van der Waals surface area contributed by atoms with Crippen LogP contribution >= 0.6 is 0 Å². The Hall–Kier alpha value is -0.460. The quantitative estimate of drug-likeness (QED) is 0.744. The molecular formula is C11H21N2O3S-. The summed E-state index contributed by atoms with van der Waals surface area (Å²) in [6.45, 7) is 4.93. The molecule has 1 aliphatic heterocycles. The molecule has 0 spiro atoms. The molecule has 100 valence electrons. The second-order valence-electron chi connectivity index (χ2n) is 4.47. The molecule has 1 rings (SSSR count). The molecular weight excluding hydrogens is 240 g/mol. The van der Waals surface area contributed by atoms with Gasteiger partial charge in [-0.15, -0.1) is 0 Å². The minimum Gasteiger partial charge on any atom is -0.760 e. The number of nitrogens with zero attached hydrogens (tertiary/aromatic N) is 1. The van der Waals surface area contributed by atoms with Gasteiger partial charge in [0.1, 0.15) is 0 Å². The van der Waals surface area contributed by atoms with Gasteiger partial charge in [0, 0.05) is 30.4 Å². The number of rotatable bonds is 5. The molecule has 0 aromatic heterocycles. The average molecular weight is 261 g/mol. The summed E-state index contributed by atoms with van der Waals surface area (Å²) in [6, 6.07) is 0.204. The van der Waals surface area contributed by atoms with Gasteiger partial charge in [-0.3, -0.25) is 9.00 Å². The first kappa shape index (κ1) is 14.6. The smallest absolute Gasteiger partial charge is 0.224 e. The number of nitrogens with one attached hydrogen (secondary N) is 1. The molecule has 0 aliphatic carbocycles. The fraction of sp³-hybridized carbons (Fsp3) is 0.909. The highest BCUT2D eigenvalue weighted by molar-refractivity contribution is 7.76. The lowest BCUT2D eigenvalue weighted by Crippen LogP contribution is -2.46. The third kappa shape index (κ3) is 4.37. The Morgan fingerprint density at radius 3 is 2.71 bits per heavy atom. The van der Waals surface area contributed by atoms with Crippen molar-refractivity contribution in [3.63, 3.8) is 0 Å². The SMILES string of the molecule is CCC(CC)NC(=O)[C@@H]1CCCN(S(=O)[O-])C1. The van der Waals surface area contributed by atoms with E-state index in [-0.39, 0.29) is 17.9 Å². The minimum atomic E-state index is -2.20.